The average Bonchev–Trinajstić information content (AvgIpc) is 2.79. The highest BCUT2D eigenvalue weighted by Gasteiger charge is 2.19. The van der Waals surface area contributed by atoms with E-state index in [-0.39, 0.29) is 6.23 Å². The molecule has 1 aliphatic heterocycles. The van der Waals surface area contributed by atoms with E-state index in [9.17, 15) is 0 Å². The molecular formula is C13H17N3O. The van der Waals surface area contributed by atoms with Gasteiger partial charge in [0.25, 0.3) is 0 Å². The smallest absolute Gasteiger partial charge is 0.150 e. The summed E-state index contributed by atoms with van der Waals surface area (Å²) in [5.41, 5.74) is 9.06. The highest BCUT2D eigenvalue weighted by Crippen LogP contribution is 2.29. The Balaban J connectivity index is 2.08. The molecule has 0 aliphatic carbocycles. The lowest BCUT2D eigenvalue weighted by atomic mass is 10.1. The molecule has 1 aromatic heterocycles. The summed E-state index contributed by atoms with van der Waals surface area (Å²) in [7, 11) is 0. The van der Waals surface area contributed by atoms with Crippen molar-refractivity contribution in [3.8, 4) is 0 Å². The molecule has 3 rings (SSSR count). The summed E-state index contributed by atoms with van der Waals surface area (Å²) < 4.78 is 7.72. The molecule has 4 nitrogen and oxygen atoms in total. The van der Waals surface area contributed by atoms with Crippen molar-refractivity contribution in [3.63, 3.8) is 0 Å². The number of nitrogen functional groups attached to an aromatic ring is 1. The zero-order valence-electron chi connectivity index (χ0n) is 10.0. The molecule has 1 atom stereocenters. The molecule has 4 heteroatoms. The van der Waals surface area contributed by atoms with Gasteiger partial charge in [0.2, 0.25) is 0 Å². The first-order valence-corrected chi connectivity index (χ1v) is 6.11. The first-order valence-electron chi connectivity index (χ1n) is 6.11. The van der Waals surface area contributed by atoms with Crippen molar-refractivity contribution in [2.45, 2.75) is 32.4 Å². The van der Waals surface area contributed by atoms with Crippen molar-refractivity contribution in [2.75, 3.05) is 12.3 Å². The van der Waals surface area contributed by atoms with Gasteiger partial charge in [-0.2, -0.15) is 5.10 Å². The maximum atomic E-state index is 6.07. The van der Waals surface area contributed by atoms with Crippen LogP contribution in [0.4, 0.5) is 5.69 Å². The number of anilines is 1. The number of nitrogens with zero attached hydrogens (tertiary/aromatic N) is 2. The van der Waals surface area contributed by atoms with Crippen LogP contribution in [0.3, 0.4) is 0 Å². The Hall–Kier alpha value is -1.55. The van der Waals surface area contributed by atoms with E-state index in [1.807, 2.05) is 23.9 Å². The number of aryl methyl sites for hydroxylation is 1. The molecule has 0 amide bonds. The van der Waals surface area contributed by atoms with Gasteiger partial charge < -0.3 is 10.5 Å². The van der Waals surface area contributed by atoms with Gasteiger partial charge in [-0.05, 0) is 37.8 Å². The Bertz CT molecular complexity index is 541. The van der Waals surface area contributed by atoms with Crippen LogP contribution in [0.2, 0.25) is 0 Å². The van der Waals surface area contributed by atoms with Gasteiger partial charge in [0, 0.05) is 17.7 Å². The summed E-state index contributed by atoms with van der Waals surface area (Å²) >= 11 is 0. The van der Waals surface area contributed by atoms with Crippen molar-refractivity contribution < 1.29 is 4.74 Å². The van der Waals surface area contributed by atoms with Gasteiger partial charge in [-0.25, -0.2) is 4.68 Å². The highest BCUT2D eigenvalue weighted by atomic mass is 16.5. The molecule has 0 saturated carbocycles. The van der Waals surface area contributed by atoms with Crippen molar-refractivity contribution >= 4 is 16.6 Å². The lowest BCUT2D eigenvalue weighted by molar-refractivity contribution is -0.0366. The number of aromatic nitrogens is 2. The zero-order chi connectivity index (χ0) is 11.8. The summed E-state index contributed by atoms with van der Waals surface area (Å²) in [6.45, 7) is 2.84. The number of hydrogen-bond acceptors (Lipinski definition) is 3. The fourth-order valence-electron chi connectivity index (χ4n) is 2.40. The van der Waals surface area contributed by atoms with Crippen LogP contribution in [-0.4, -0.2) is 16.4 Å². The van der Waals surface area contributed by atoms with Crippen LogP contribution in [-0.2, 0) is 4.74 Å². The van der Waals surface area contributed by atoms with Gasteiger partial charge in [-0.3, -0.25) is 0 Å². The molecule has 1 saturated heterocycles. The van der Waals surface area contributed by atoms with Gasteiger partial charge in [-0.15, -0.1) is 0 Å². The predicted molar refractivity (Wildman–Crippen MR) is 67.7 cm³/mol. The Labute approximate surface area is 100 Å². The van der Waals surface area contributed by atoms with Crippen LogP contribution in [0.25, 0.3) is 10.9 Å². The highest BCUT2D eigenvalue weighted by molar-refractivity contribution is 5.91. The molecular weight excluding hydrogens is 214 g/mol. The van der Waals surface area contributed by atoms with E-state index < -0.39 is 0 Å². The first kappa shape index (κ1) is 10.6. The van der Waals surface area contributed by atoms with Gasteiger partial charge in [-0.1, -0.05) is 6.07 Å². The van der Waals surface area contributed by atoms with Crippen LogP contribution in [0.15, 0.2) is 18.3 Å². The maximum absolute atomic E-state index is 6.07. The topological polar surface area (TPSA) is 53.1 Å². The van der Waals surface area contributed by atoms with Crippen molar-refractivity contribution in [1.29, 1.82) is 0 Å². The van der Waals surface area contributed by atoms with Gasteiger partial charge in [0.05, 0.1) is 11.7 Å². The summed E-state index contributed by atoms with van der Waals surface area (Å²) in [6.07, 6.45) is 5.30. The van der Waals surface area contributed by atoms with E-state index in [2.05, 4.69) is 11.2 Å². The molecule has 1 aliphatic rings. The summed E-state index contributed by atoms with van der Waals surface area (Å²) in [6, 6.07) is 4.12. The molecule has 1 unspecified atom stereocenters. The second kappa shape index (κ2) is 4.04. The minimum Gasteiger partial charge on any atom is -0.398 e. The minimum atomic E-state index is 0.0726. The van der Waals surface area contributed by atoms with Gasteiger partial charge in [0.15, 0.2) is 6.23 Å². The lowest BCUT2D eigenvalue weighted by Crippen LogP contribution is -2.18. The lowest BCUT2D eigenvalue weighted by Gasteiger charge is -2.23. The third-order valence-corrected chi connectivity index (χ3v) is 3.47. The molecule has 2 aromatic rings. The monoisotopic (exact) mass is 231 g/mol. The van der Waals surface area contributed by atoms with E-state index in [0.717, 1.165) is 41.6 Å². The quantitative estimate of drug-likeness (QED) is 0.767. The van der Waals surface area contributed by atoms with Gasteiger partial charge in [0.1, 0.15) is 0 Å². The van der Waals surface area contributed by atoms with Crippen molar-refractivity contribution in [2.24, 2.45) is 0 Å². The van der Waals surface area contributed by atoms with Crippen LogP contribution in [0.5, 0.6) is 0 Å². The number of hydrogen-bond donors (Lipinski definition) is 1. The Kier molecular flexibility index (Phi) is 2.52. The fraction of sp³-hybridized carbons (Fsp3) is 0.462. The molecule has 0 radical (unpaired) electrons. The SMILES string of the molecule is Cc1ccc2c(cnn2C2CCCCO2)c1N. The summed E-state index contributed by atoms with van der Waals surface area (Å²) in [4.78, 5) is 0. The maximum Gasteiger partial charge on any atom is 0.150 e. The molecule has 2 N–H and O–H groups in total. The molecule has 1 fully saturated rings. The zero-order valence-corrected chi connectivity index (χ0v) is 10.0. The number of rotatable bonds is 1. The minimum absolute atomic E-state index is 0.0726. The molecule has 0 bridgehead atoms. The normalized spacial score (nSPS) is 20.9. The fourth-order valence-corrected chi connectivity index (χ4v) is 2.40. The van der Waals surface area contributed by atoms with Crippen LogP contribution < -0.4 is 5.73 Å². The van der Waals surface area contributed by atoms with E-state index in [4.69, 9.17) is 10.5 Å². The Morgan fingerprint density at radius 3 is 3.06 bits per heavy atom. The average molecular weight is 231 g/mol. The third-order valence-electron chi connectivity index (χ3n) is 3.47. The second-order valence-corrected chi connectivity index (χ2v) is 4.64. The Morgan fingerprint density at radius 2 is 2.29 bits per heavy atom. The molecule has 90 valence electrons. The van der Waals surface area contributed by atoms with E-state index in [1.165, 1.54) is 6.42 Å². The number of benzene rings is 1. The van der Waals surface area contributed by atoms with E-state index >= 15 is 0 Å². The van der Waals surface area contributed by atoms with Crippen molar-refractivity contribution in [3.05, 3.63) is 23.9 Å². The van der Waals surface area contributed by atoms with Gasteiger partial charge >= 0.3 is 0 Å². The molecule has 2 heterocycles. The van der Waals surface area contributed by atoms with E-state index in [0.29, 0.717) is 0 Å². The van der Waals surface area contributed by atoms with Crippen LogP contribution in [0.1, 0.15) is 31.1 Å². The predicted octanol–water partition coefficient (Wildman–Crippen LogP) is 2.63. The first-order chi connectivity index (χ1) is 8.27. The van der Waals surface area contributed by atoms with Crippen molar-refractivity contribution in [1.82, 2.24) is 9.78 Å². The largest absolute Gasteiger partial charge is 0.398 e. The van der Waals surface area contributed by atoms with E-state index in [1.54, 1.807) is 0 Å². The molecule has 1 aromatic carbocycles. The second-order valence-electron chi connectivity index (χ2n) is 4.64. The Morgan fingerprint density at radius 1 is 1.41 bits per heavy atom. The number of fused-ring (bicyclic) bond motifs is 1. The summed E-state index contributed by atoms with van der Waals surface area (Å²) in [5.74, 6) is 0. The molecule has 0 spiro atoms. The number of ether oxygens (including phenoxy) is 1. The third kappa shape index (κ3) is 1.69. The number of nitrogens with two attached hydrogens (primary N) is 1. The van der Waals surface area contributed by atoms with Crippen LogP contribution >= 0.6 is 0 Å². The summed E-state index contributed by atoms with van der Waals surface area (Å²) in [5, 5.41) is 5.46. The standard InChI is InChI=1S/C13H17N3O/c1-9-5-6-11-10(13(9)14)8-15-16(11)12-4-2-3-7-17-12/h5-6,8,12H,2-4,7,14H2,1H3. The van der Waals surface area contributed by atoms with Crippen LogP contribution in [0, 0.1) is 6.92 Å². The molecule has 17 heavy (non-hydrogen) atoms.